The highest BCUT2D eigenvalue weighted by Crippen LogP contribution is 2.32. The van der Waals surface area contributed by atoms with E-state index in [2.05, 4.69) is 10.5 Å². The zero-order valence-electron chi connectivity index (χ0n) is 23.6. The summed E-state index contributed by atoms with van der Waals surface area (Å²) < 4.78 is 21.9. The van der Waals surface area contributed by atoms with Gasteiger partial charge in [0.15, 0.2) is 17.9 Å². The minimum atomic E-state index is -1.44. The van der Waals surface area contributed by atoms with Crippen LogP contribution >= 0.6 is 0 Å². The minimum absolute atomic E-state index is 0.0206. The molecule has 0 saturated carbocycles. The van der Waals surface area contributed by atoms with Crippen molar-refractivity contribution >= 4 is 41.1 Å². The van der Waals surface area contributed by atoms with Crippen LogP contribution in [0, 0.1) is 12.8 Å². The van der Waals surface area contributed by atoms with E-state index in [1.807, 2.05) is 39.0 Å². The molecule has 13 heteroatoms. The number of carbonyl (C=O) groups is 5. The minimum Gasteiger partial charge on any atom is -0.463 e. The van der Waals surface area contributed by atoms with E-state index in [0.717, 1.165) is 19.4 Å². The molecule has 0 spiro atoms. The second-order valence-corrected chi connectivity index (χ2v) is 10.1. The second-order valence-electron chi connectivity index (χ2n) is 10.1. The van der Waals surface area contributed by atoms with E-state index in [0.29, 0.717) is 17.8 Å². The lowest BCUT2D eigenvalue weighted by Crippen LogP contribution is -2.66. The highest BCUT2D eigenvalue weighted by molar-refractivity contribution is 6.54. The van der Waals surface area contributed by atoms with Gasteiger partial charge in [-0.3, -0.25) is 24.0 Å². The highest BCUT2D eigenvalue weighted by Gasteiger charge is 2.52. The maximum atomic E-state index is 13.4. The molecular weight excluding hydrogens is 526 g/mol. The van der Waals surface area contributed by atoms with Gasteiger partial charge in [-0.15, -0.1) is 0 Å². The Labute approximate surface area is 232 Å². The van der Waals surface area contributed by atoms with E-state index in [-0.39, 0.29) is 17.5 Å². The van der Waals surface area contributed by atoms with Gasteiger partial charge >= 0.3 is 17.9 Å². The Morgan fingerprint density at radius 2 is 1.68 bits per heavy atom. The average molecular weight is 562 g/mol. The third kappa shape index (κ3) is 7.34. The van der Waals surface area contributed by atoms with Crippen LogP contribution in [-0.2, 0) is 47.8 Å². The van der Waals surface area contributed by atoms with Crippen LogP contribution in [0.1, 0.15) is 52.7 Å². The fourth-order valence-electron chi connectivity index (χ4n) is 4.55. The van der Waals surface area contributed by atoms with E-state index >= 15 is 0 Å². The number of hydrogen-bond acceptors (Lipinski definition) is 11. The van der Waals surface area contributed by atoms with E-state index in [1.54, 1.807) is 4.90 Å². The fourth-order valence-corrected chi connectivity index (χ4v) is 4.55. The molecule has 1 aromatic carbocycles. The molecule has 2 amide bonds. The predicted octanol–water partition coefficient (Wildman–Crippen LogP) is 1.37. The largest absolute Gasteiger partial charge is 0.463 e. The van der Waals surface area contributed by atoms with E-state index in [1.165, 1.54) is 13.8 Å². The third-order valence-corrected chi connectivity index (χ3v) is 6.01. The normalized spacial score (nSPS) is 24.9. The van der Waals surface area contributed by atoms with Crippen LogP contribution < -0.4 is 10.2 Å². The highest BCUT2D eigenvalue weighted by atomic mass is 16.8. The topological polar surface area (TPSA) is 159 Å². The summed E-state index contributed by atoms with van der Waals surface area (Å²) in [7, 11) is 0. The van der Waals surface area contributed by atoms with Crippen molar-refractivity contribution in [1.29, 1.82) is 0 Å². The number of rotatable bonds is 9. The van der Waals surface area contributed by atoms with Crippen LogP contribution in [0.5, 0.6) is 0 Å². The van der Waals surface area contributed by atoms with Gasteiger partial charge in [0.1, 0.15) is 18.8 Å². The molecule has 0 bridgehead atoms. The van der Waals surface area contributed by atoms with Crippen molar-refractivity contribution in [2.75, 3.05) is 18.1 Å². The zero-order valence-corrected chi connectivity index (χ0v) is 23.6. The van der Waals surface area contributed by atoms with Crippen molar-refractivity contribution in [3.63, 3.8) is 0 Å². The number of esters is 3. The predicted molar refractivity (Wildman–Crippen MR) is 140 cm³/mol. The Morgan fingerprint density at radius 1 is 1.02 bits per heavy atom. The number of amides is 2. The Kier molecular flexibility index (Phi) is 9.85. The Morgan fingerprint density at radius 3 is 2.25 bits per heavy atom. The maximum absolute atomic E-state index is 13.4. The lowest BCUT2D eigenvalue weighted by molar-refractivity contribution is -0.278. The molecule has 13 nitrogen and oxygen atoms in total. The fraction of sp³-hybridized carbons (Fsp3) is 0.556. The summed E-state index contributed by atoms with van der Waals surface area (Å²) >= 11 is 0. The molecular formula is C27H35N3O10. The molecule has 218 valence electrons. The first-order valence-corrected chi connectivity index (χ1v) is 12.9. The molecule has 2 aliphatic heterocycles. The van der Waals surface area contributed by atoms with Crippen LogP contribution in [0.3, 0.4) is 0 Å². The average Bonchev–Trinajstić information content (AvgIpc) is 3.08. The molecule has 0 radical (unpaired) electrons. The summed E-state index contributed by atoms with van der Waals surface area (Å²) in [6, 6.07) is 4.31. The first kappa shape index (κ1) is 30.5. The Bertz CT molecular complexity index is 1200. The van der Waals surface area contributed by atoms with Gasteiger partial charge in [0.25, 0.3) is 12.2 Å². The van der Waals surface area contributed by atoms with E-state index < -0.39 is 61.1 Å². The summed E-state index contributed by atoms with van der Waals surface area (Å²) in [4.78, 5) is 68.3. The number of nitrogens with one attached hydrogen (secondary N) is 1. The third-order valence-electron chi connectivity index (χ3n) is 6.01. The number of fused-ring (bicyclic) bond motifs is 1. The van der Waals surface area contributed by atoms with Crippen molar-refractivity contribution in [3.05, 3.63) is 29.3 Å². The number of ether oxygens (including phenoxy) is 4. The SMILES string of the molecule is CC(=O)N[C@@H]1[C@H](O/N=C2/C(=O)N(CC(C)C)c3ccc(C)cc32)O[C@H](COC(C)=O)[C@H](OC(C)=O)[C@H]1OC(C)=O. The van der Waals surface area contributed by atoms with Gasteiger partial charge < -0.3 is 34.0 Å². The van der Waals surface area contributed by atoms with Crippen molar-refractivity contribution in [3.8, 4) is 0 Å². The van der Waals surface area contributed by atoms with Gasteiger partial charge in [-0.25, -0.2) is 0 Å². The van der Waals surface area contributed by atoms with E-state index in [4.69, 9.17) is 23.8 Å². The number of aryl methyl sites for hydroxylation is 1. The number of oxime groups is 1. The maximum Gasteiger partial charge on any atom is 0.303 e. The molecule has 1 fully saturated rings. The van der Waals surface area contributed by atoms with Crippen LogP contribution in [0.15, 0.2) is 23.4 Å². The second kappa shape index (κ2) is 12.9. The molecule has 0 aliphatic carbocycles. The first-order valence-electron chi connectivity index (χ1n) is 12.9. The molecule has 0 aromatic heterocycles. The summed E-state index contributed by atoms with van der Waals surface area (Å²) in [5, 5.41) is 6.74. The van der Waals surface area contributed by atoms with Crippen LogP contribution in [0.25, 0.3) is 0 Å². The summed E-state index contributed by atoms with van der Waals surface area (Å²) in [5.41, 5.74) is 2.15. The standard InChI is InChI=1S/C27H35N3O10/c1-13(2)11-30-20-9-8-14(3)10-19(20)22(26(30)35)29-40-27-23(28-15(4)31)25(38-18(7)34)24(37-17(6)33)21(39-27)12-36-16(5)32/h8-10,13,21,23-25,27H,11-12H2,1-7H3,(H,28,31)/b29-22+/t21-,23+,24+,25+,27+/m1/s1. The molecule has 1 aromatic rings. The quantitative estimate of drug-likeness (QED) is 0.265. The van der Waals surface area contributed by atoms with Crippen LogP contribution in [0.2, 0.25) is 0 Å². The molecule has 3 rings (SSSR count). The van der Waals surface area contributed by atoms with Crippen LogP contribution in [0.4, 0.5) is 5.69 Å². The van der Waals surface area contributed by atoms with Gasteiger partial charge in [-0.1, -0.05) is 30.6 Å². The van der Waals surface area contributed by atoms with Gasteiger partial charge in [-0.05, 0) is 25.0 Å². The molecule has 1 N–H and O–H groups in total. The first-order chi connectivity index (χ1) is 18.8. The lowest BCUT2D eigenvalue weighted by Gasteiger charge is -2.43. The molecule has 2 aliphatic rings. The summed E-state index contributed by atoms with van der Waals surface area (Å²) in [5.74, 6) is -2.84. The van der Waals surface area contributed by atoms with Gasteiger partial charge in [-0.2, -0.15) is 0 Å². The number of hydrogen-bond donors (Lipinski definition) is 1. The number of benzene rings is 1. The number of anilines is 1. The van der Waals surface area contributed by atoms with Crippen LogP contribution in [-0.4, -0.2) is 79.2 Å². The summed E-state index contributed by atoms with van der Waals surface area (Å²) in [6.07, 6.45) is -5.19. The lowest BCUT2D eigenvalue weighted by atomic mass is 9.96. The number of nitrogens with zero attached hydrogens (tertiary/aromatic N) is 2. The van der Waals surface area contributed by atoms with Crippen molar-refractivity contribution in [2.45, 2.75) is 79.1 Å². The molecule has 0 unspecified atom stereocenters. The Balaban J connectivity index is 2.03. The summed E-state index contributed by atoms with van der Waals surface area (Å²) in [6.45, 7) is 10.6. The number of carbonyl (C=O) groups excluding carboxylic acids is 5. The van der Waals surface area contributed by atoms with Crippen molar-refractivity contribution in [2.24, 2.45) is 11.1 Å². The molecule has 5 atom stereocenters. The van der Waals surface area contributed by atoms with E-state index in [9.17, 15) is 24.0 Å². The molecule has 2 heterocycles. The Hall–Kier alpha value is -4.00. The molecule has 1 saturated heterocycles. The van der Waals surface area contributed by atoms with Gasteiger partial charge in [0.2, 0.25) is 5.91 Å². The van der Waals surface area contributed by atoms with Crippen molar-refractivity contribution in [1.82, 2.24) is 5.32 Å². The van der Waals surface area contributed by atoms with Gasteiger partial charge in [0.05, 0.1) is 5.69 Å². The smallest absolute Gasteiger partial charge is 0.303 e. The van der Waals surface area contributed by atoms with Gasteiger partial charge in [0, 0.05) is 39.8 Å². The molecule has 40 heavy (non-hydrogen) atoms. The zero-order chi connectivity index (χ0) is 29.7. The monoisotopic (exact) mass is 561 g/mol. The van der Waals surface area contributed by atoms with Crippen molar-refractivity contribution < 1.29 is 47.8 Å².